The Kier molecular flexibility index (Phi) is 5.76. The lowest BCUT2D eigenvalue weighted by atomic mass is 10.1. The molecule has 0 atom stereocenters. The minimum absolute atomic E-state index is 0.257. The lowest BCUT2D eigenvalue weighted by Crippen LogP contribution is -2.31. The first-order chi connectivity index (χ1) is 13.1. The van der Waals surface area contributed by atoms with Gasteiger partial charge in [0.1, 0.15) is 12.3 Å². The van der Waals surface area contributed by atoms with Crippen molar-refractivity contribution in [3.8, 4) is 11.5 Å². The van der Waals surface area contributed by atoms with Gasteiger partial charge in [0.25, 0.3) is 5.91 Å². The van der Waals surface area contributed by atoms with Gasteiger partial charge in [-0.25, -0.2) is 4.79 Å². The zero-order chi connectivity index (χ0) is 19.2. The van der Waals surface area contributed by atoms with Crippen molar-refractivity contribution in [3.63, 3.8) is 0 Å². The molecule has 1 N–H and O–H groups in total. The maximum absolute atomic E-state index is 12.3. The Bertz CT molecular complexity index is 862. The first-order valence-corrected chi connectivity index (χ1v) is 8.81. The van der Waals surface area contributed by atoms with Gasteiger partial charge in [-0.3, -0.25) is 9.69 Å². The Morgan fingerprint density at radius 1 is 1.07 bits per heavy atom. The van der Waals surface area contributed by atoms with Crippen molar-refractivity contribution >= 4 is 18.0 Å². The molecule has 0 aliphatic carbocycles. The third-order valence-electron chi connectivity index (χ3n) is 4.15. The molecule has 0 saturated carbocycles. The number of imide groups is 1. The van der Waals surface area contributed by atoms with E-state index in [1.807, 2.05) is 43.3 Å². The van der Waals surface area contributed by atoms with E-state index in [-0.39, 0.29) is 17.6 Å². The molecule has 2 aromatic carbocycles. The topological polar surface area (TPSA) is 67.9 Å². The number of hydrogen-bond acceptors (Lipinski definition) is 4. The minimum Gasteiger partial charge on any atom is -0.493 e. The van der Waals surface area contributed by atoms with E-state index in [1.54, 1.807) is 25.3 Å². The molecule has 1 saturated heterocycles. The van der Waals surface area contributed by atoms with Crippen molar-refractivity contribution in [2.24, 2.45) is 0 Å². The molecule has 27 heavy (non-hydrogen) atoms. The number of ether oxygens (including phenoxy) is 2. The Labute approximate surface area is 158 Å². The Hall–Kier alpha value is -3.28. The van der Waals surface area contributed by atoms with Crippen LogP contribution >= 0.6 is 0 Å². The van der Waals surface area contributed by atoms with Gasteiger partial charge in [0.15, 0.2) is 11.5 Å². The molecule has 1 aliphatic heterocycles. The summed E-state index contributed by atoms with van der Waals surface area (Å²) in [7, 11) is 1.58. The second kappa shape index (κ2) is 8.40. The van der Waals surface area contributed by atoms with E-state index in [0.29, 0.717) is 31.1 Å². The number of urea groups is 1. The molecule has 0 unspecified atom stereocenters. The highest BCUT2D eigenvalue weighted by Crippen LogP contribution is 2.30. The van der Waals surface area contributed by atoms with E-state index in [2.05, 4.69) is 5.32 Å². The zero-order valence-corrected chi connectivity index (χ0v) is 15.4. The van der Waals surface area contributed by atoms with Gasteiger partial charge in [-0.1, -0.05) is 43.3 Å². The van der Waals surface area contributed by atoms with Crippen molar-refractivity contribution in [1.29, 1.82) is 0 Å². The average Bonchev–Trinajstić information content (AvgIpc) is 2.95. The fraction of sp³-hybridized carbons (Fsp3) is 0.238. The van der Waals surface area contributed by atoms with Crippen molar-refractivity contribution in [2.75, 3.05) is 13.7 Å². The van der Waals surface area contributed by atoms with E-state index in [9.17, 15) is 9.59 Å². The van der Waals surface area contributed by atoms with Crippen LogP contribution in [0.5, 0.6) is 11.5 Å². The number of carbonyl (C=O) groups excluding carboxylic acids is 2. The number of nitrogens with one attached hydrogen (secondary N) is 1. The van der Waals surface area contributed by atoms with Gasteiger partial charge in [0.2, 0.25) is 0 Å². The molecule has 140 valence electrons. The van der Waals surface area contributed by atoms with Gasteiger partial charge >= 0.3 is 6.03 Å². The highest BCUT2D eigenvalue weighted by molar-refractivity contribution is 6.13. The number of rotatable bonds is 7. The van der Waals surface area contributed by atoms with E-state index in [0.717, 1.165) is 11.1 Å². The Morgan fingerprint density at radius 2 is 1.85 bits per heavy atom. The summed E-state index contributed by atoms with van der Waals surface area (Å²) in [4.78, 5) is 25.5. The number of carbonyl (C=O) groups is 2. The second-order valence-corrected chi connectivity index (χ2v) is 6.13. The molecule has 6 nitrogen and oxygen atoms in total. The van der Waals surface area contributed by atoms with E-state index >= 15 is 0 Å². The van der Waals surface area contributed by atoms with Crippen LogP contribution in [-0.2, 0) is 11.4 Å². The summed E-state index contributed by atoms with van der Waals surface area (Å²) in [6.07, 6.45) is 2.36. The predicted octanol–water partition coefficient (Wildman–Crippen LogP) is 3.58. The Morgan fingerprint density at radius 3 is 2.56 bits per heavy atom. The van der Waals surface area contributed by atoms with E-state index in [4.69, 9.17) is 9.47 Å². The average molecular weight is 366 g/mol. The van der Waals surface area contributed by atoms with Crippen LogP contribution < -0.4 is 14.8 Å². The highest BCUT2D eigenvalue weighted by Gasteiger charge is 2.32. The third kappa shape index (κ3) is 4.28. The number of amides is 3. The summed E-state index contributed by atoms with van der Waals surface area (Å²) < 4.78 is 11.2. The predicted molar refractivity (Wildman–Crippen MR) is 102 cm³/mol. The van der Waals surface area contributed by atoms with Gasteiger partial charge in [-0.2, -0.15) is 0 Å². The van der Waals surface area contributed by atoms with E-state index < -0.39 is 0 Å². The third-order valence-corrected chi connectivity index (χ3v) is 4.15. The van der Waals surface area contributed by atoms with Crippen molar-refractivity contribution < 1.29 is 19.1 Å². The van der Waals surface area contributed by atoms with Crippen LogP contribution in [0, 0.1) is 0 Å². The van der Waals surface area contributed by atoms with Gasteiger partial charge in [-0.15, -0.1) is 0 Å². The number of nitrogens with zero attached hydrogens (tertiary/aromatic N) is 1. The van der Waals surface area contributed by atoms with Crippen LogP contribution in [0.2, 0.25) is 0 Å². The summed E-state index contributed by atoms with van der Waals surface area (Å²) in [5.41, 5.74) is 2.03. The van der Waals surface area contributed by atoms with Gasteiger partial charge < -0.3 is 14.8 Å². The molecule has 1 fully saturated rings. The molecule has 1 aliphatic rings. The van der Waals surface area contributed by atoms with Crippen LogP contribution in [0.1, 0.15) is 24.5 Å². The van der Waals surface area contributed by atoms with Crippen molar-refractivity contribution in [1.82, 2.24) is 10.2 Å². The van der Waals surface area contributed by atoms with Gasteiger partial charge in [0.05, 0.1) is 7.11 Å². The van der Waals surface area contributed by atoms with Gasteiger partial charge in [0, 0.05) is 6.54 Å². The van der Waals surface area contributed by atoms with Crippen LogP contribution in [0.25, 0.3) is 6.08 Å². The first kappa shape index (κ1) is 18.5. The molecular weight excluding hydrogens is 344 g/mol. The molecule has 2 aromatic rings. The molecule has 3 amide bonds. The molecule has 0 radical (unpaired) electrons. The molecule has 6 heteroatoms. The fourth-order valence-electron chi connectivity index (χ4n) is 2.80. The van der Waals surface area contributed by atoms with Crippen LogP contribution in [0.4, 0.5) is 4.79 Å². The van der Waals surface area contributed by atoms with Gasteiger partial charge in [-0.05, 0) is 35.8 Å². The summed E-state index contributed by atoms with van der Waals surface area (Å²) in [6, 6.07) is 14.8. The van der Waals surface area contributed by atoms with Crippen molar-refractivity contribution in [3.05, 3.63) is 65.4 Å². The summed E-state index contributed by atoms with van der Waals surface area (Å²) in [5.74, 6) is 0.852. The molecule has 1 heterocycles. The summed E-state index contributed by atoms with van der Waals surface area (Å²) in [6.45, 7) is 2.72. The van der Waals surface area contributed by atoms with Crippen LogP contribution in [-0.4, -0.2) is 30.5 Å². The summed E-state index contributed by atoms with van der Waals surface area (Å²) >= 11 is 0. The number of methoxy groups -OCH3 is 1. The second-order valence-electron chi connectivity index (χ2n) is 6.13. The quantitative estimate of drug-likeness (QED) is 0.601. The zero-order valence-electron chi connectivity index (χ0n) is 15.4. The van der Waals surface area contributed by atoms with E-state index in [1.165, 1.54) is 4.90 Å². The lowest BCUT2D eigenvalue weighted by molar-refractivity contribution is -0.122. The highest BCUT2D eigenvalue weighted by atomic mass is 16.5. The van der Waals surface area contributed by atoms with Crippen LogP contribution in [0.15, 0.2) is 54.2 Å². The standard InChI is InChI=1S/C21H22N2O4/c1-3-11-23-20(24)17(22-21(23)25)12-16-9-10-18(26-2)19(13-16)27-14-15-7-5-4-6-8-15/h4-10,12-13H,3,11,14H2,1-2H3,(H,22,25)/b17-12+. The minimum atomic E-state index is -0.387. The number of hydrogen-bond donors (Lipinski definition) is 1. The maximum atomic E-state index is 12.3. The monoisotopic (exact) mass is 366 g/mol. The molecule has 0 aromatic heterocycles. The maximum Gasteiger partial charge on any atom is 0.329 e. The Balaban J connectivity index is 1.80. The smallest absolute Gasteiger partial charge is 0.329 e. The molecule has 0 spiro atoms. The number of benzene rings is 2. The summed E-state index contributed by atoms with van der Waals surface area (Å²) in [5, 5.41) is 2.62. The SMILES string of the molecule is CCCN1C(=O)N/C(=C/c2ccc(OC)c(OCc3ccccc3)c2)C1=O. The molecular formula is C21H22N2O4. The van der Waals surface area contributed by atoms with Crippen molar-refractivity contribution in [2.45, 2.75) is 20.0 Å². The lowest BCUT2D eigenvalue weighted by Gasteiger charge is -2.12. The normalized spacial score (nSPS) is 15.2. The first-order valence-electron chi connectivity index (χ1n) is 8.81. The van der Waals surface area contributed by atoms with Crippen LogP contribution in [0.3, 0.4) is 0 Å². The largest absolute Gasteiger partial charge is 0.493 e. The molecule has 0 bridgehead atoms. The molecule has 3 rings (SSSR count). The fourth-order valence-corrected chi connectivity index (χ4v) is 2.80.